The highest BCUT2D eigenvalue weighted by molar-refractivity contribution is 9.10. The number of anilines is 1. The molecule has 1 unspecified atom stereocenters. The van der Waals surface area contributed by atoms with Crippen molar-refractivity contribution in [1.82, 2.24) is 40.5 Å². The first kappa shape index (κ1) is 49.5. The molecule has 1 atom stereocenters. The zero-order chi connectivity index (χ0) is 48.2. The number of hydrazone groups is 1. The SMILES string of the molecule is CCOC(=O)C1=C(CNC/C(C=NCCOCCn2cc(CNC(=O)C(=O)c3c(C)c(C(=O)Nc4ccc(F)c(F)c4)n(C)c3C)nn2)=N/N)NC(c2nccs2)=NC1c1ccc(F)cc1Br. The van der Waals surface area contributed by atoms with Gasteiger partial charge in [0.2, 0.25) is 0 Å². The van der Waals surface area contributed by atoms with Gasteiger partial charge >= 0.3 is 5.97 Å². The third-order valence-electron chi connectivity index (χ3n) is 10.1. The average molecular weight is 1010 g/mol. The lowest BCUT2D eigenvalue weighted by Crippen LogP contribution is -2.39. The van der Waals surface area contributed by atoms with Crippen LogP contribution in [0.15, 0.2) is 85.0 Å². The van der Waals surface area contributed by atoms with Gasteiger partial charge in [-0.05, 0) is 56.2 Å². The van der Waals surface area contributed by atoms with Crippen LogP contribution in [0, 0.1) is 31.3 Å². The van der Waals surface area contributed by atoms with Gasteiger partial charge in [0.05, 0.1) is 62.5 Å². The number of amides is 2. The van der Waals surface area contributed by atoms with Crippen LogP contribution in [-0.2, 0) is 39.2 Å². The third-order valence-corrected chi connectivity index (χ3v) is 11.6. The molecule has 19 nitrogen and oxygen atoms in total. The molecule has 4 heterocycles. The van der Waals surface area contributed by atoms with Crippen molar-refractivity contribution in [2.75, 3.05) is 44.8 Å². The molecule has 0 spiro atoms. The van der Waals surface area contributed by atoms with Crippen molar-refractivity contribution >= 4 is 74.3 Å². The van der Waals surface area contributed by atoms with E-state index < -0.39 is 47.1 Å². The Balaban J connectivity index is 0.949. The van der Waals surface area contributed by atoms with Crippen LogP contribution in [0.25, 0.3) is 0 Å². The second-order valence-electron chi connectivity index (χ2n) is 14.6. The van der Waals surface area contributed by atoms with Crippen LogP contribution in [0.3, 0.4) is 0 Å². The highest BCUT2D eigenvalue weighted by Gasteiger charge is 2.34. The lowest BCUT2D eigenvalue weighted by Gasteiger charge is -2.27. The van der Waals surface area contributed by atoms with E-state index in [0.717, 1.165) is 12.1 Å². The number of rotatable bonds is 21. The first-order valence-corrected chi connectivity index (χ1v) is 22.2. The summed E-state index contributed by atoms with van der Waals surface area (Å²) in [6.45, 7) is 6.25. The number of nitrogens with zero attached hydrogens (tertiary/aromatic N) is 8. The molecular weight excluding hydrogens is 964 g/mol. The fourth-order valence-electron chi connectivity index (χ4n) is 6.86. The van der Waals surface area contributed by atoms with Crippen LogP contribution in [0.5, 0.6) is 0 Å². The van der Waals surface area contributed by atoms with E-state index in [9.17, 15) is 32.3 Å². The zero-order valence-electron chi connectivity index (χ0n) is 36.5. The van der Waals surface area contributed by atoms with Crippen LogP contribution in [0.4, 0.5) is 18.9 Å². The van der Waals surface area contributed by atoms with E-state index in [1.807, 2.05) is 0 Å². The van der Waals surface area contributed by atoms with E-state index >= 15 is 0 Å². The fourth-order valence-corrected chi connectivity index (χ4v) is 8.02. The van der Waals surface area contributed by atoms with Gasteiger partial charge in [0, 0.05) is 65.5 Å². The van der Waals surface area contributed by atoms with Crippen molar-refractivity contribution in [3.05, 3.63) is 126 Å². The quantitative estimate of drug-likeness (QED) is 0.0132. The lowest BCUT2D eigenvalue weighted by atomic mass is 9.95. The summed E-state index contributed by atoms with van der Waals surface area (Å²) in [7, 11) is 1.55. The molecule has 0 radical (unpaired) electrons. The standard InChI is InChI=1S/C43H45BrF3N13O6S/c1-5-66-43(64)35-33(54-39(42-51-11-15-67-42)55-36(35)29-8-6-25(45)16-30(29)44)21-50-19-27(56-48)18-49-10-13-65-14-12-60-22-28(57-58-60)20-52-41(63)38(61)34-23(2)37(59(4)24(34)3)40(62)53-26-7-9-31(46)32(47)17-26/h6-9,11,15-18,22,36,50H,5,10,12-14,19-21,48H2,1-4H3,(H,52,63)(H,53,62)(H,54,55)/b49-18?,56-27+. The Morgan fingerprint density at radius 1 is 1.07 bits per heavy atom. The van der Waals surface area contributed by atoms with Gasteiger partial charge in [0.15, 0.2) is 22.5 Å². The van der Waals surface area contributed by atoms with Crippen molar-refractivity contribution in [2.45, 2.75) is 39.9 Å². The Morgan fingerprint density at radius 2 is 1.88 bits per heavy atom. The number of Topliss-reactive ketones (excluding diaryl/α,β-unsaturated/α-hetero) is 1. The molecule has 5 aromatic rings. The Kier molecular flexibility index (Phi) is 17.0. The number of carbonyl (C=O) groups excluding carboxylic acids is 4. The minimum atomic E-state index is -1.14. The highest BCUT2D eigenvalue weighted by Crippen LogP contribution is 2.37. The van der Waals surface area contributed by atoms with E-state index in [0.29, 0.717) is 50.2 Å². The number of hydrogen-bond donors (Lipinski definition) is 5. The van der Waals surface area contributed by atoms with Crippen molar-refractivity contribution in [2.24, 2.45) is 28.0 Å². The molecule has 24 heteroatoms. The summed E-state index contributed by atoms with van der Waals surface area (Å²) in [5.74, 6) is 0.371. The summed E-state index contributed by atoms with van der Waals surface area (Å²) in [5.41, 5.74) is 2.76. The molecule has 352 valence electrons. The minimum Gasteiger partial charge on any atom is -0.463 e. The smallest absolute Gasteiger partial charge is 0.338 e. The fraction of sp³-hybridized carbons (Fsp3) is 0.302. The maximum atomic E-state index is 14.1. The summed E-state index contributed by atoms with van der Waals surface area (Å²) in [4.78, 5) is 66.2. The number of hydrogen-bond acceptors (Lipinski definition) is 16. The highest BCUT2D eigenvalue weighted by atomic mass is 79.9. The molecular formula is C43H45BrF3N13O6S. The number of nitrogens with two attached hydrogens (primary N) is 1. The van der Waals surface area contributed by atoms with Gasteiger partial charge < -0.3 is 41.2 Å². The molecule has 0 fully saturated rings. The molecule has 0 saturated carbocycles. The Morgan fingerprint density at radius 3 is 2.60 bits per heavy atom. The number of carbonyl (C=O) groups is 4. The van der Waals surface area contributed by atoms with Crippen molar-refractivity contribution < 1.29 is 41.8 Å². The zero-order valence-corrected chi connectivity index (χ0v) is 38.9. The number of ketones is 1. The summed E-state index contributed by atoms with van der Waals surface area (Å²) in [5, 5.41) is 25.8. The molecule has 6 rings (SSSR count). The Labute approximate surface area is 394 Å². The van der Waals surface area contributed by atoms with E-state index in [4.69, 9.17) is 20.3 Å². The number of aliphatic imine (C=N–C) groups is 2. The largest absolute Gasteiger partial charge is 0.463 e. The number of nitrogens with one attached hydrogen (secondary N) is 4. The summed E-state index contributed by atoms with van der Waals surface area (Å²) in [6, 6.07) is 6.24. The van der Waals surface area contributed by atoms with Crippen LogP contribution < -0.4 is 27.1 Å². The number of esters is 1. The van der Waals surface area contributed by atoms with Gasteiger partial charge in [0.25, 0.3) is 17.6 Å². The number of halogens is 4. The summed E-state index contributed by atoms with van der Waals surface area (Å²) >= 11 is 4.79. The molecule has 3 aromatic heterocycles. The Hall–Kier alpha value is -6.89. The topological polar surface area (TPSA) is 246 Å². The summed E-state index contributed by atoms with van der Waals surface area (Å²) < 4.78 is 55.6. The number of ether oxygens (including phenoxy) is 2. The monoisotopic (exact) mass is 1010 g/mol. The van der Waals surface area contributed by atoms with Gasteiger partial charge in [-0.15, -0.1) is 16.4 Å². The molecule has 2 amide bonds. The molecule has 2 aromatic carbocycles. The van der Waals surface area contributed by atoms with Crippen LogP contribution >= 0.6 is 27.3 Å². The van der Waals surface area contributed by atoms with Crippen LogP contribution in [0.1, 0.15) is 61.3 Å². The van der Waals surface area contributed by atoms with Crippen molar-refractivity contribution in [3.63, 3.8) is 0 Å². The molecule has 0 aliphatic carbocycles. The number of aromatic nitrogens is 5. The molecule has 1 aliphatic heterocycles. The molecule has 0 bridgehead atoms. The first-order valence-electron chi connectivity index (χ1n) is 20.5. The first-order chi connectivity index (χ1) is 32.2. The number of amidine groups is 1. The Bertz CT molecular complexity index is 2770. The predicted molar refractivity (Wildman–Crippen MR) is 246 cm³/mol. The number of benzene rings is 2. The second kappa shape index (κ2) is 23.0. The molecule has 6 N–H and O–H groups in total. The maximum Gasteiger partial charge on any atom is 0.338 e. The summed E-state index contributed by atoms with van der Waals surface area (Å²) in [6.07, 6.45) is 4.73. The van der Waals surface area contributed by atoms with Gasteiger partial charge in [-0.1, -0.05) is 27.2 Å². The van der Waals surface area contributed by atoms with Crippen LogP contribution in [-0.4, -0.2) is 105 Å². The van der Waals surface area contributed by atoms with Crippen molar-refractivity contribution in [3.8, 4) is 0 Å². The second-order valence-corrected chi connectivity index (χ2v) is 16.3. The van der Waals surface area contributed by atoms with Crippen molar-refractivity contribution in [1.29, 1.82) is 0 Å². The third kappa shape index (κ3) is 12.3. The van der Waals surface area contributed by atoms with Gasteiger partial charge in [-0.25, -0.2) is 27.6 Å². The average Bonchev–Trinajstić information content (AvgIpc) is 4.06. The van der Waals surface area contributed by atoms with Gasteiger partial charge in [-0.2, -0.15) is 5.10 Å². The van der Waals surface area contributed by atoms with Gasteiger partial charge in [-0.3, -0.25) is 24.4 Å². The van der Waals surface area contributed by atoms with E-state index in [-0.39, 0.29) is 74.1 Å². The molecule has 0 saturated heterocycles. The number of thiazole rings is 1. The molecule has 1 aliphatic rings. The predicted octanol–water partition coefficient (Wildman–Crippen LogP) is 4.22. The normalized spacial score (nSPS) is 14.0. The van der Waals surface area contributed by atoms with E-state index in [2.05, 4.69) is 62.6 Å². The molecule has 67 heavy (non-hydrogen) atoms. The van der Waals surface area contributed by atoms with E-state index in [1.54, 1.807) is 44.7 Å². The van der Waals surface area contributed by atoms with E-state index in [1.165, 1.54) is 51.9 Å². The minimum absolute atomic E-state index is 0.0143. The lowest BCUT2D eigenvalue weighted by molar-refractivity contribution is -0.139. The van der Waals surface area contributed by atoms with Gasteiger partial charge in [0.1, 0.15) is 23.2 Å². The van der Waals surface area contributed by atoms with Crippen LogP contribution in [0.2, 0.25) is 0 Å². The maximum absolute atomic E-state index is 14.1.